The lowest BCUT2D eigenvalue weighted by molar-refractivity contribution is -0.705. The van der Waals surface area contributed by atoms with E-state index < -0.39 is 0 Å². The molecule has 0 bridgehead atoms. The molecule has 3 nitrogen and oxygen atoms in total. The molecule has 19 heavy (non-hydrogen) atoms. The summed E-state index contributed by atoms with van der Waals surface area (Å²) in [6.45, 7) is 4.01. The summed E-state index contributed by atoms with van der Waals surface area (Å²) >= 11 is 0. The van der Waals surface area contributed by atoms with Gasteiger partial charge in [0.25, 0.3) is 5.91 Å². The first-order chi connectivity index (χ1) is 9.20. The molecule has 0 unspecified atom stereocenters. The van der Waals surface area contributed by atoms with Crippen molar-refractivity contribution in [3.05, 3.63) is 60.4 Å². The minimum absolute atomic E-state index is 0.0135. The van der Waals surface area contributed by atoms with Crippen molar-refractivity contribution in [1.29, 1.82) is 0 Å². The van der Waals surface area contributed by atoms with Crippen molar-refractivity contribution in [3.8, 4) is 0 Å². The van der Waals surface area contributed by atoms with Gasteiger partial charge in [-0.25, -0.2) is 0 Å². The summed E-state index contributed by atoms with van der Waals surface area (Å²) in [6.07, 6.45) is 4.91. The second kappa shape index (κ2) is 6.14. The molecule has 98 valence electrons. The summed E-state index contributed by atoms with van der Waals surface area (Å²) in [5.74, 6) is -0.0135. The molecule has 1 amide bonds. The lowest BCUT2D eigenvalue weighted by Gasteiger charge is -2.08. The summed E-state index contributed by atoms with van der Waals surface area (Å²) in [5, 5.41) is 2.91. The number of hydrogen-bond donors (Lipinski definition) is 1. The molecule has 2 rings (SSSR count). The van der Waals surface area contributed by atoms with Gasteiger partial charge in [-0.1, -0.05) is 25.1 Å². The van der Waals surface area contributed by atoms with E-state index in [2.05, 4.69) is 12.2 Å². The Labute approximate surface area is 113 Å². The standard InChI is InChI=1S/C16H18N2O/c1-3-14-9-11-18(12-10-14)13(2)16(19)17-15-7-5-4-6-8-15/h4-13H,3H2,1-2H3/p+1/t13-/m1/s1. The Morgan fingerprint density at radius 2 is 1.79 bits per heavy atom. The first-order valence-electron chi connectivity index (χ1n) is 6.56. The van der Waals surface area contributed by atoms with Crippen LogP contribution >= 0.6 is 0 Å². The van der Waals surface area contributed by atoms with Gasteiger partial charge in [0, 0.05) is 24.7 Å². The molecule has 0 saturated heterocycles. The predicted molar refractivity (Wildman–Crippen MR) is 75.8 cm³/mol. The van der Waals surface area contributed by atoms with Crippen LogP contribution in [0, 0.1) is 0 Å². The number of hydrogen-bond acceptors (Lipinski definition) is 1. The van der Waals surface area contributed by atoms with Crippen LogP contribution in [0.25, 0.3) is 0 Å². The number of aromatic nitrogens is 1. The quantitative estimate of drug-likeness (QED) is 0.837. The second-order valence-electron chi connectivity index (χ2n) is 4.54. The van der Waals surface area contributed by atoms with Crippen molar-refractivity contribution in [3.63, 3.8) is 0 Å². The normalized spacial score (nSPS) is 11.9. The van der Waals surface area contributed by atoms with Gasteiger partial charge < -0.3 is 5.32 Å². The maximum absolute atomic E-state index is 12.1. The van der Waals surface area contributed by atoms with Gasteiger partial charge in [0.1, 0.15) is 0 Å². The fourth-order valence-corrected chi connectivity index (χ4v) is 1.87. The molecule has 1 aromatic heterocycles. The number of benzene rings is 1. The molecule has 0 spiro atoms. The number of para-hydroxylation sites is 1. The van der Waals surface area contributed by atoms with E-state index in [1.807, 2.05) is 66.3 Å². The fourth-order valence-electron chi connectivity index (χ4n) is 1.87. The SMILES string of the molecule is CCc1cc[n+]([C@H](C)C(=O)Nc2ccccc2)cc1. The first-order valence-corrected chi connectivity index (χ1v) is 6.56. The van der Waals surface area contributed by atoms with Crippen LogP contribution in [0.3, 0.4) is 0 Å². The number of anilines is 1. The summed E-state index contributed by atoms with van der Waals surface area (Å²) in [7, 11) is 0. The largest absolute Gasteiger partial charge is 0.320 e. The van der Waals surface area contributed by atoms with Crippen LogP contribution in [-0.2, 0) is 11.2 Å². The van der Waals surface area contributed by atoms with Crippen molar-refractivity contribution in [2.45, 2.75) is 26.3 Å². The monoisotopic (exact) mass is 255 g/mol. The van der Waals surface area contributed by atoms with Gasteiger partial charge in [-0.15, -0.1) is 0 Å². The zero-order valence-corrected chi connectivity index (χ0v) is 11.3. The van der Waals surface area contributed by atoms with E-state index in [4.69, 9.17) is 0 Å². The Morgan fingerprint density at radius 1 is 1.16 bits per heavy atom. The van der Waals surface area contributed by atoms with Crippen LogP contribution in [0.15, 0.2) is 54.9 Å². The molecule has 0 aliphatic rings. The molecule has 3 heteroatoms. The third-order valence-electron chi connectivity index (χ3n) is 3.20. The molecule has 0 radical (unpaired) electrons. The van der Waals surface area contributed by atoms with Crippen molar-refractivity contribution < 1.29 is 9.36 Å². The number of carbonyl (C=O) groups excluding carboxylic acids is 1. The summed E-state index contributed by atoms with van der Waals surface area (Å²) in [5.41, 5.74) is 2.09. The van der Waals surface area contributed by atoms with E-state index in [9.17, 15) is 4.79 Å². The van der Waals surface area contributed by atoms with E-state index in [-0.39, 0.29) is 11.9 Å². The molecule has 0 aliphatic heterocycles. The predicted octanol–water partition coefficient (Wildman–Crippen LogP) is 2.74. The highest BCUT2D eigenvalue weighted by Gasteiger charge is 2.21. The summed E-state index contributed by atoms with van der Waals surface area (Å²) < 4.78 is 1.91. The van der Waals surface area contributed by atoms with E-state index in [1.165, 1.54) is 5.56 Å². The maximum atomic E-state index is 12.1. The maximum Gasteiger partial charge on any atom is 0.293 e. The average Bonchev–Trinajstić information content (AvgIpc) is 2.47. The van der Waals surface area contributed by atoms with Crippen molar-refractivity contribution in [2.75, 3.05) is 5.32 Å². The lowest BCUT2D eigenvalue weighted by atomic mass is 10.2. The van der Waals surface area contributed by atoms with Crippen molar-refractivity contribution in [1.82, 2.24) is 0 Å². The fraction of sp³-hybridized carbons (Fsp3) is 0.250. The van der Waals surface area contributed by atoms with Gasteiger partial charge in [-0.2, -0.15) is 4.57 Å². The molecule has 0 saturated carbocycles. The third kappa shape index (κ3) is 3.41. The third-order valence-corrected chi connectivity index (χ3v) is 3.20. The number of carbonyl (C=O) groups is 1. The topological polar surface area (TPSA) is 33.0 Å². The molecular weight excluding hydrogens is 236 g/mol. The van der Waals surface area contributed by atoms with Gasteiger partial charge in [-0.3, -0.25) is 4.79 Å². The molecule has 1 aromatic carbocycles. The zero-order valence-electron chi connectivity index (χ0n) is 11.3. The highest BCUT2D eigenvalue weighted by Crippen LogP contribution is 2.08. The van der Waals surface area contributed by atoms with Gasteiger partial charge >= 0.3 is 0 Å². The lowest BCUT2D eigenvalue weighted by Crippen LogP contribution is -2.44. The average molecular weight is 255 g/mol. The van der Waals surface area contributed by atoms with Crippen molar-refractivity contribution in [2.24, 2.45) is 0 Å². The molecule has 2 aromatic rings. The van der Waals surface area contributed by atoms with Gasteiger partial charge in [0.2, 0.25) is 6.04 Å². The highest BCUT2D eigenvalue weighted by atomic mass is 16.2. The Balaban J connectivity index is 2.06. The van der Waals surface area contributed by atoms with Crippen LogP contribution in [0.4, 0.5) is 5.69 Å². The number of rotatable bonds is 4. The van der Waals surface area contributed by atoms with Crippen LogP contribution in [0.5, 0.6) is 0 Å². The number of pyridine rings is 1. The number of nitrogens with one attached hydrogen (secondary N) is 1. The minimum atomic E-state index is -0.230. The van der Waals surface area contributed by atoms with Gasteiger partial charge in [0.05, 0.1) is 0 Å². The van der Waals surface area contributed by atoms with E-state index in [1.54, 1.807) is 0 Å². The Kier molecular flexibility index (Phi) is 4.29. The van der Waals surface area contributed by atoms with E-state index in [0.717, 1.165) is 12.1 Å². The number of nitrogens with zero attached hydrogens (tertiary/aromatic N) is 1. The number of aryl methyl sites for hydroxylation is 1. The summed E-state index contributed by atoms with van der Waals surface area (Å²) in [6, 6.07) is 13.4. The Morgan fingerprint density at radius 3 is 2.37 bits per heavy atom. The first kappa shape index (κ1) is 13.3. The summed E-state index contributed by atoms with van der Waals surface area (Å²) in [4.78, 5) is 12.1. The highest BCUT2D eigenvalue weighted by molar-refractivity contribution is 5.92. The minimum Gasteiger partial charge on any atom is -0.320 e. The molecule has 0 aliphatic carbocycles. The van der Waals surface area contributed by atoms with Crippen LogP contribution in [-0.4, -0.2) is 5.91 Å². The molecule has 1 N–H and O–H groups in total. The van der Waals surface area contributed by atoms with Gasteiger partial charge in [-0.05, 0) is 24.1 Å². The molecular formula is C16H19N2O+. The second-order valence-corrected chi connectivity index (χ2v) is 4.54. The van der Waals surface area contributed by atoms with Crippen molar-refractivity contribution >= 4 is 11.6 Å². The van der Waals surface area contributed by atoms with Crippen LogP contribution in [0.1, 0.15) is 25.5 Å². The number of amides is 1. The zero-order chi connectivity index (χ0) is 13.7. The molecule has 1 atom stereocenters. The smallest absolute Gasteiger partial charge is 0.293 e. The van der Waals surface area contributed by atoms with Crippen LogP contribution < -0.4 is 9.88 Å². The van der Waals surface area contributed by atoms with Gasteiger partial charge in [0.15, 0.2) is 12.4 Å². The Bertz CT molecular complexity index is 534. The molecule has 0 fully saturated rings. The van der Waals surface area contributed by atoms with E-state index >= 15 is 0 Å². The Hall–Kier alpha value is -2.16. The molecule has 1 heterocycles. The van der Waals surface area contributed by atoms with E-state index in [0.29, 0.717) is 0 Å². The van der Waals surface area contributed by atoms with Crippen LogP contribution in [0.2, 0.25) is 0 Å².